The van der Waals surface area contributed by atoms with E-state index in [-0.39, 0.29) is 0 Å². The number of hydrogen-bond acceptors (Lipinski definition) is 3. The Morgan fingerprint density at radius 3 is 2.17 bits per heavy atom. The maximum Gasteiger partial charge on any atom is 0.0110 e. The monoisotopic (exact) mass is 255 g/mol. The predicted molar refractivity (Wildman–Crippen MR) is 80.1 cm³/mol. The van der Waals surface area contributed by atoms with Crippen molar-refractivity contribution in [3.8, 4) is 0 Å². The van der Waals surface area contributed by atoms with Gasteiger partial charge in [-0.1, -0.05) is 13.8 Å². The van der Waals surface area contributed by atoms with E-state index in [1.807, 2.05) is 0 Å². The molecule has 3 heteroatoms. The van der Waals surface area contributed by atoms with Gasteiger partial charge in [0.1, 0.15) is 0 Å². The second-order valence-corrected chi connectivity index (χ2v) is 5.81. The van der Waals surface area contributed by atoms with Gasteiger partial charge in [0.2, 0.25) is 0 Å². The molecule has 108 valence electrons. The predicted octanol–water partition coefficient (Wildman–Crippen LogP) is 2.04. The number of nitrogens with one attached hydrogen (secondary N) is 1. The molecule has 0 amide bonds. The van der Waals surface area contributed by atoms with Crippen molar-refractivity contribution >= 4 is 0 Å². The molecule has 1 aliphatic carbocycles. The molecule has 1 saturated carbocycles. The summed E-state index contributed by atoms with van der Waals surface area (Å²) in [7, 11) is 0. The van der Waals surface area contributed by atoms with E-state index in [1.54, 1.807) is 0 Å². The Kier molecular flexibility index (Phi) is 7.87. The van der Waals surface area contributed by atoms with Crippen molar-refractivity contribution in [2.24, 2.45) is 5.92 Å². The first-order valence-electron chi connectivity index (χ1n) is 7.84. The molecular formula is C15H33N3. The average Bonchev–Trinajstić information content (AvgIpc) is 3.16. The second-order valence-electron chi connectivity index (χ2n) is 5.81. The van der Waals surface area contributed by atoms with E-state index >= 15 is 0 Å². The fourth-order valence-corrected chi connectivity index (χ4v) is 2.32. The summed E-state index contributed by atoms with van der Waals surface area (Å²) < 4.78 is 0. The lowest BCUT2D eigenvalue weighted by atomic mass is 10.2. The molecule has 0 saturated heterocycles. The van der Waals surface area contributed by atoms with Crippen LogP contribution in [0.1, 0.15) is 40.5 Å². The lowest BCUT2D eigenvalue weighted by molar-refractivity contribution is 0.211. The zero-order chi connectivity index (χ0) is 13.4. The highest BCUT2D eigenvalue weighted by molar-refractivity contribution is 4.79. The fraction of sp³-hybridized carbons (Fsp3) is 1.00. The van der Waals surface area contributed by atoms with Gasteiger partial charge in [-0.05, 0) is 45.7 Å². The van der Waals surface area contributed by atoms with Gasteiger partial charge in [-0.15, -0.1) is 0 Å². The van der Waals surface area contributed by atoms with Crippen LogP contribution in [0.5, 0.6) is 0 Å². The molecule has 0 aliphatic heterocycles. The molecule has 1 rings (SSSR count). The van der Waals surface area contributed by atoms with Crippen LogP contribution in [0, 0.1) is 5.92 Å². The van der Waals surface area contributed by atoms with Crippen LogP contribution in [0.25, 0.3) is 0 Å². The first-order valence-corrected chi connectivity index (χ1v) is 7.84. The summed E-state index contributed by atoms with van der Waals surface area (Å²) in [5.41, 5.74) is 0. The van der Waals surface area contributed by atoms with E-state index in [1.165, 1.54) is 32.5 Å². The van der Waals surface area contributed by atoms with Gasteiger partial charge in [-0.3, -0.25) is 4.90 Å². The van der Waals surface area contributed by atoms with Crippen LogP contribution in [0.4, 0.5) is 0 Å². The number of likely N-dealkylation sites (N-methyl/N-ethyl adjacent to an activating group) is 1. The van der Waals surface area contributed by atoms with Crippen LogP contribution in [0.3, 0.4) is 0 Å². The molecule has 0 radical (unpaired) electrons. The molecule has 18 heavy (non-hydrogen) atoms. The van der Waals surface area contributed by atoms with Crippen LogP contribution in [-0.2, 0) is 0 Å². The van der Waals surface area contributed by atoms with Crippen molar-refractivity contribution in [1.82, 2.24) is 15.1 Å². The van der Waals surface area contributed by atoms with Crippen LogP contribution in [-0.4, -0.2) is 61.7 Å². The highest BCUT2D eigenvalue weighted by Crippen LogP contribution is 2.30. The Bertz CT molecular complexity index is 198. The number of rotatable bonds is 11. The van der Waals surface area contributed by atoms with Gasteiger partial charge in [0.15, 0.2) is 0 Å². The van der Waals surface area contributed by atoms with Crippen LogP contribution >= 0.6 is 0 Å². The quantitative estimate of drug-likeness (QED) is 0.570. The van der Waals surface area contributed by atoms with Crippen molar-refractivity contribution in [1.29, 1.82) is 0 Å². The van der Waals surface area contributed by atoms with Gasteiger partial charge in [0, 0.05) is 38.8 Å². The van der Waals surface area contributed by atoms with E-state index in [9.17, 15) is 0 Å². The molecule has 0 bridgehead atoms. The van der Waals surface area contributed by atoms with Gasteiger partial charge in [0.25, 0.3) is 0 Å². The van der Waals surface area contributed by atoms with Crippen LogP contribution in [0.15, 0.2) is 0 Å². The molecule has 0 aromatic heterocycles. The largest absolute Gasteiger partial charge is 0.314 e. The molecule has 0 unspecified atom stereocenters. The van der Waals surface area contributed by atoms with Crippen molar-refractivity contribution in [3.05, 3.63) is 0 Å². The third kappa shape index (κ3) is 6.72. The lowest BCUT2D eigenvalue weighted by Crippen LogP contribution is -2.40. The fourth-order valence-electron chi connectivity index (χ4n) is 2.32. The first-order chi connectivity index (χ1) is 8.67. The van der Waals surface area contributed by atoms with Gasteiger partial charge >= 0.3 is 0 Å². The van der Waals surface area contributed by atoms with E-state index in [2.05, 4.69) is 42.8 Å². The molecule has 0 heterocycles. The second kappa shape index (κ2) is 8.89. The Labute approximate surface area is 114 Å². The minimum atomic E-state index is 0.690. The summed E-state index contributed by atoms with van der Waals surface area (Å²) in [5, 5.41) is 3.58. The molecular weight excluding hydrogens is 222 g/mol. The Hall–Kier alpha value is -0.120. The van der Waals surface area contributed by atoms with Gasteiger partial charge in [-0.2, -0.15) is 0 Å². The summed E-state index contributed by atoms with van der Waals surface area (Å²) in [6, 6.07) is 0.690. The number of nitrogens with zero attached hydrogens (tertiary/aromatic N) is 2. The third-order valence-electron chi connectivity index (χ3n) is 3.99. The summed E-state index contributed by atoms with van der Waals surface area (Å²) in [5.74, 6) is 1.00. The van der Waals surface area contributed by atoms with Gasteiger partial charge < -0.3 is 10.2 Å². The molecule has 0 aromatic rings. The van der Waals surface area contributed by atoms with Crippen molar-refractivity contribution in [2.45, 2.75) is 46.6 Å². The van der Waals surface area contributed by atoms with Gasteiger partial charge in [0.05, 0.1) is 0 Å². The van der Waals surface area contributed by atoms with Crippen LogP contribution < -0.4 is 5.32 Å². The molecule has 0 atom stereocenters. The van der Waals surface area contributed by atoms with E-state index in [0.717, 1.165) is 32.1 Å². The average molecular weight is 255 g/mol. The van der Waals surface area contributed by atoms with Crippen LogP contribution in [0.2, 0.25) is 0 Å². The maximum atomic E-state index is 3.58. The smallest absolute Gasteiger partial charge is 0.0110 e. The molecule has 0 spiro atoms. The maximum absolute atomic E-state index is 3.58. The topological polar surface area (TPSA) is 18.5 Å². The van der Waals surface area contributed by atoms with Crippen molar-refractivity contribution < 1.29 is 0 Å². The lowest BCUT2D eigenvalue weighted by Gasteiger charge is -2.26. The summed E-state index contributed by atoms with van der Waals surface area (Å²) in [6.45, 7) is 17.4. The zero-order valence-corrected chi connectivity index (χ0v) is 12.9. The van der Waals surface area contributed by atoms with E-state index in [0.29, 0.717) is 6.04 Å². The molecule has 0 aromatic carbocycles. The Morgan fingerprint density at radius 1 is 1.06 bits per heavy atom. The van der Waals surface area contributed by atoms with Gasteiger partial charge in [-0.25, -0.2) is 0 Å². The Balaban J connectivity index is 2.03. The van der Waals surface area contributed by atoms with Crippen molar-refractivity contribution in [3.63, 3.8) is 0 Å². The third-order valence-corrected chi connectivity index (χ3v) is 3.99. The normalized spacial score (nSPS) is 16.2. The SMILES string of the molecule is CCN(CC)CCNCCN(CC1CC1)C(C)C. The standard InChI is InChI=1S/C15H33N3/c1-5-17(6-2)11-9-16-10-12-18(14(3)4)13-15-7-8-15/h14-16H,5-13H2,1-4H3. The molecule has 1 aliphatic rings. The first kappa shape index (κ1) is 15.9. The van der Waals surface area contributed by atoms with E-state index in [4.69, 9.17) is 0 Å². The number of hydrogen-bond donors (Lipinski definition) is 1. The highest BCUT2D eigenvalue weighted by atomic mass is 15.2. The zero-order valence-electron chi connectivity index (χ0n) is 12.9. The summed E-state index contributed by atoms with van der Waals surface area (Å²) in [6.07, 6.45) is 2.91. The molecule has 3 nitrogen and oxygen atoms in total. The minimum Gasteiger partial charge on any atom is -0.314 e. The summed E-state index contributed by atoms with van der Waals surface area (Å²) in [4.78, 5) is 5.10. The highest BCUT2D eigenvalue weighted by Gasteiger charge is 2.24. The van der Waals surface area contributed by atoms with Crippen molar-refractivity contribution in [2.75, 3.05) is 45.8 Å². The van der Waals surface area contributed by atoms with E-state index < -0.39 is 0 Å². The molecule has 1 fully saturated rings. The molecule has 1 N–H and O–H groups in total. The minimum absolute atomic E-state index is 0.690. The Morgan fingerprint density at radius 2 is 1.67 bits per heavy atom. The summed E-state index contributed by atoms with van der Waals surface area (Å²) >= 11 is 0.